The molecule has 2 heterocycles. The molecule has 0 radical (unpaired) electrons. The zero-order valence-corrected chi connectivity index (χ0v) is 10.0. The molecule has 2 atom stereocenters. The third kappa shape index (κ3) is 2.83. The number of imidazole rings is 1. The third-order valence-electron chi connectivity index (χ3n) is 2.64. The van der Waals surface area contributed by atoms with Gasteiger partial charge in [0.15, 0.2) is 5.82 Å². The summed E-state index contributed by atoms with van der Waals surface area (Å²) in [6.45, 7) is 5.39. The van der Waals surface area contributed by atoms with Crippen LogP contribution in [0.5, 0.6) is 0 Å². The first-order valence-electron chi connectivity index (χ1n) is 5.72. The normalized spacial score (nSPS) is 23.9. The molecular formula is C11H17N3O3. The molecule has 1 aliphatic heterocycles. The van der Waals surface area contributed by atoms with Gasteiger partial charge in [-0.2, -0.15) is 0 Å². The van der Waals surface area contributed by atoms with Crippen LogP contribution in [0.4, 0.5) is 0 Å². The molecule has 2 N–H and O–H groups in total. The van der Waals surface area contributed by atoms with Gasteiger partial charge in [-0.1, -0.05) is 0 Å². The first kappa shape index (κ1) is 12.1. The minimum Gasteiger partial charge on any atom is -0.376 e. The lowest BCUT2D eigenvalue weighted by Gasteiger charge is -2.18. The van der Waals surface area contributed by atoms with Crippen molar-refractivity contribution in [3.63, 3.8) is 0 Å². The van der Waals surface area contributed by atoms with Gasteiger partial charge in [0.1, 0.15) is 6.10 Å². The summed E-state index contributed by atoms with van der Waals surface area (Å²) in [5.74, 6) is 0.1000. The van der Waals surface area contributed by atoms with Gasteiger partial charge in [-0.25, -0.2) is 4.98 Å². The second-order valence-corrected chi connectivity index (χ2v) is 4.03. The molecule has 6 nitrogen and oxygen atoms in total. The summed E-state index contributed by atoms with van der Waals surface area (Å²) in [5.41, 5.74) is 0.860. The molecule has 0 bridgehead atoms. The molecule has 0 aromatic carbocycles. The van der Waals surface area contributed by atoms with Crippen molar-refractivity contribution in [3.8, 4) is 0 Å². The van der Waals surface area contributed by atoms with E-state index in [1.54, 1.807) is 6.20 Å². The second-order valence-electron chi connectivity index (χ2n) is 4.03. The predicted molar refractivity (Wildman–Crippen MR) is 60.8 cm³/mol. The molecule has 2 rings (SSSR count). The van der Waals surface area contributed by atoms with E-state index in [9.17, 15) is 4.79 Å². The molecule has 1 amide bonds. The van der Waals surface area contributed by atoms with Gasteiger partial charge in [-0.3, -0.25) is 4.79 Å². The van der Waals surface area contributed by atoms with E-state index in [0.717, 1.165) is 5.69 Å². The largest absolute Gasteiger partial charge is 0.376 e. The molecule has 94 valence electrons. The molecule has 1 aromatic heterocycles. The Hall–Kier alpha value is -1.40. The van der Waals surface area contributed by atoms with Crippen molar-refractivity contribution in [1.29, 1.82) is 0 Å². The monoisotopic (exact) mass is 239 g/mol. The smallest absolute Gasteiger partial charge is 0.287 e. The van der Waals surface area contributed by atoms with E-state index >= 15 is 0 Å². The Bertz CT molecular complexity index is 391. The van der Waals surface area contributed by atoms with Crippen molar-refractivity contribution in [1.82, 2.24) is 15.3 Å². The Kier molecular flexibility index (Phi) is 3.75. The molecule has 6 heteroatoms. The van der Waals surface area contributed by atoms with E-state index in [4.69, 9.17) is 9.47 Å². The predicted octanol–water partition coefficient (Wildman–Crippen LogP) is 0.252. The van der Waals surface area contributed by atoms with Crippen LogP contribution in [0.1, 0.15) is 23.2 Å². The van der Waals surface area contributed by atoms with E-state index in [1.807, 2.05) is 13.8 Å². The number of ether oxygens (including phenoxy) is 2. The summed E-state index contributed by atoms with van der Waals surface area (Å²) in [4.78, 5) is 18.7. The lowest BCUT2D eigenvalue weighted by Crippen LogP contribution is -2.44. The Morgan fingerprint density at radius 3 is 3.18 bits per heavy atom. The zero-order valence-electron chi connectivity index (χ0n) is 10.0. The van der Waals surface area contributed by atoms with Crippen molar-refractivity contribution in [3.05, 3.63) is 17.7 Å². The van der Waals surface area contributed by atoms with Gasteiger partial charge in [0.25, 0.3) is 5.91 Å². The highest BCUT2D eigenvalue weighted by atomic mass is 16.5. The number of aromatic nitrogens is 2. The van der Waals surface area contributed by atoms with Gasteiger partial charge >= 0.3 is 0 Å². The van der Waals surface area contributed by atoms with Crippen LogP contribution in [0.3, 0.4) is 0 Å². The summed E-state index contributed by atoms with van der Waals surface area (Å²) in [6, 6.07) is -0.104. The van der Waals surface area contributed by atoms with Gasteiger partial charge in [0.05, 0.1) is 19.3 Å². The molecule has 1 aromatic rings. The van der Waals surface area contributed by atoms with E-state index in [-0.39, 0.29) is 18.1 Å². The number of nitrogens with zero attached hydrogens (tertiary/aromatic N) is 1. The van der Waals surface area contributed by atoms with Gasteiger partial charge in [-0.15, -0.1) is 0 Å². The number of hydrogen-bond donors (Lipinski definition) is 2. The van der Waals surface area contributed by atoms with E-state index in [0.29, 0.717) is 25.6 Å². The molecule has 1 saturated heterocycles. The fourth-order valence-electron chi connectivity index (χ4n) is 1.81. The van der Waals surface area contributed by atoms with Gasteiger partial charge in [0, 0.05) is 18.5 Å². The van der Waals surface area contributed by atoms with Crippen LogP contribution in [-0.4, -0.2) is 47.8 Å². The molecule has 1 fully saturated rings. The van der Waals surface area contributed by atoms with Crippen LogP contribution < -0.4 is 5.32 Å². The van der Waals surface area contributed by atoms with E-state index < -0.39 is 0 Å². The van der Waals surface area contributed by atoms with Crippen molar-refractivity contribution >= 4 is 5.91 Å². The number of nitrogens with one attached hydrogen (secondary N) is 2. The van der Waals surface area contributed by atoms with Crippen LogP contribution in [0.25, 0.3) is 0 Å². The quantitative estimate of drug-likeness (QED) is 0.789. The molecule has 0 aliphatic carbocycles. The van der Waals surface area contributed by atoms with Crippen LogP contribution in [0.15, 0.2) is 6.20 Å². The van der Waals surface area contributed by atoms with E-state index in [1.165, 1.54) is 0 Å². The number of carbonyl (C=O) groups is 1. The third-order valence-corrected chi connectivity index (χ3v) is 2.64. The number of aryl methyl sites for hydroxylation is 1. The van der Waals surface area contributed by atoms with Crippen molar-refractivity contribution in [2.24, 2.45) is 0 Å². The fourth-order valence-corrected chi connectivity index (χ4v) is 1.81. The second kappa shape index (κ2) is 5.29. The SMILES string of the molecule is CCO[C@H]1COC[C@@H]1NC(=O)c1ncc(C)[nH]1. The fraction of sp³-hybridized carbons (Fsp3) is 0.636. The minimum absolute atomic E-state index is 0.0694. The van der Waals surface area contributed by atoms with Crippen molar-refractivity contribution in [2.45, 2.75) is 26.0 Å². The lowest BCUT2D eigenvalue weighted by molar-refractivity contribution is 0.0401. The molecule has 1 aliphatic rings. The van der Waals surface area contributed by atoms with Crippen molar-refractivity contribution in [2.75, 3.05) is 19.8 Å². The topological polar surface area (TPSA) is 76.2 Å². The number of amides is 1. The Morgan fingerprint density at radius 1 is 1.71 bits per heavy atom. The maximum Gasteiger partial charge on any atom is 0.287 e. The Labute approximate surface area is 99.7 Å². The van der Waals surface area contributed by atoms with Gasteiger partial charge < -0.3 is 19.8 Å². The number of rotatable bonds is 4. The van der Waals surface area contributed by atoms with Crippen LogP contribution in [0.2, 0.25) is 0 Å². The Morgan fingerprint density at radius 2 is 2.53 bits per heavy atom. The maximum atomic E-state index is 11.8. The Balaban J connectivity index is 1.94. The maximum absolute atomic E-state index is 11.8. The molecule has 0 spiro atoms. The van der Waals surface area contributed by atoms with Gasteiger partial charge in [0.2, 0.25) is 0 Å². The highest BCUT2D eigenvalue weighted by molar-refractivity contribution is 5.90. The number of aromatic amines is 1. The van der Waals surface area contributed by atoms with Crippen LogP contribution in [0, 0.1) is 6.92 Å². The average molecular weight is 239 g/mol. The summed E-state index contributed by atoms with van der Waals surface area (Å²) < 4.78 is 10.8. The van der Waals surface area contributed by atoms with Gasteiger partial charge in [-0.05, 0) is 13.8 Å². The minimum atomic E-state index is -0.224. The molecule has 17 heavy (non-hydrogen) atoms. The highest BCUT2D eigenvalue weighted by Crippen LogP contribution is 2.10. The first-order chi connectivity index (χ1) is 8.20. The summed E-state index contributed by atoms with van der Waals surface area (Å²) in [5, 5.41) is 2.86. The summed E-state index contributed by atoms with van der Waals surface area (Å²) >= 11 is 0. The molecule has 0 saturated carbocycles. The standard InChI is InChI=1S/C11H17N3O3/c1-3-17-9-6-16-5-8(9)14-11(15)10-12-4-7(2)13-10/h4,8-9H,3,5-6H2,1-2H3,(H,12,13)(H,14,15)/t8-,9-/m0/s1. The van der Waals surface area contributed by atoms with Crippen LogP contribution >= 0.6 is 0 Å². The van der Waals surface area contributed by atoms with Crippen LogP contribution in [-0.2, 0) is 9.47 Å². The number of carbonyl (C=O) groups excluding carboxylic acids is 1. The highest BCUT2D eigenvalue weighted by Gasteiger charge is 2.30. The number of hydrogen-bond acceptors (Lipinski definition) is 4. The first-order valence-corrected chi connectivity index (χ1v) is 5.72. The van der Waals surface area contributed by atoms with E-state index in [2.05, 4.69) is 15.3 Å². The summed E-state index contributed by atoms with van der Waals surface area (Å²) in [7, 11) is 0. The summed E-state index contributed by atoms with van der Waals surface area (Å²) in [6.07, 6.45) is 1.56. The number of H-pyrrole nitrogens is 1. The molecule has 0 unspecified atom stereocenters. The van der Waals surface area contributed by atoms with Crippen molar-refractivity contribution < 1.29 is 14.3 Å². The lowest BCUT2D eigenvalue weighted by atomic mass is 10.2. The molecular weight excluding hydrogens is 222 g/mol. The average Bonchev–Trinajstić information content (AvgIpc) is 2.89. The zero-order chi connectivity index (χ0) is 12.3.